The third-order valence-corrected chi connectivity index (χ3v) is 3.92. The summed E-state index contributed by atoms with van der Waals surface area (Å²) in [6.45, 7) is 6.27. The molecule has 1 N–H and O–H groups in total. The first-order chi connectivity index (χ1) is 9.88. The summed E-state index contributed by atoms with van der Waals surface area (Å²) in [7, 11) is 0. The van der Waals surface area contributed by atoms with E-state index in [-0.39, 0.29) is 18.4 Å². The Balaban J connectivity index is 1.97. The zero-order valence-electron chi connectivity index (χ0n) is 12.6. The lowest BCUT2D eigenvalue weighted by molar-refractivity contribution is -0.142. The van der Waals surface area contributed by atoms with Crippen molar-refractivity contribution in [1.82, 2.24) is 4.90 Å². The smallest absolute Gasteiger partial charge is 0.308 e. The lowest BCUT2D eigenvalue weighted by atomic mass is 9.99. The Morgan fingerprint density at radius 1 is 1.29 bits per heavy atom. The maximum atomic E-state index is 12.3. The number of carboxylic acid groups (broad SMARTS) is 1. The van der Waals surface area contributed by atoms with Gasteiger partial charge in [0.1, 0.15) is 5.75 Å². The highest BCUT2D eigenvalue weighted by atomic mass is 16.5. The molecule has 0 radical (unpaired) electrons. The molecular weight excluding hydrogens is 270 g/mol. The van der Waals surface area contributed by atoms with Gasteiger partial charge in [-0.2, -0.15) is 0 Å². The van der Waals surface area contributed by atoms with Crippen molar-refractivity contribution in [2.75, 3.05) is 13.1 Å². The van der Waals surface area contributed by atoms with Gasteiger partial charge in [0.15, 0.2) is 6.10 Å². The summed E-state index contributed by atoms with van der Waals surface area (Å²) < 4.78 is 5.64. The number of aliphatic carboxylic acids is 1. The number of nitrogens with zero attached hydrogens (tertiary/aromatic N) is 1. The van der Waals surface area contributed by atoms with Gasteiger partial charge in [0.2, 0.25) is 0 Å². The second-order valence-corrected chi connectivity index (χ2v) is 5.74. The maximum absolute atomic E-state index is 12.3. The first-order valence-corrected chi connectivity index (χ1v) is 7.13. The second kappa shape index (κ2) is 6.16. The van der Waals surface area contributed by atoms with Crippen LogP contribution in [0, 0.1) is 18.8 Å². The molecule has 0 saturated carbocycles. The van der Waals surface area contributed by atoms with Gasteiger partial charge in [-0.1, -0.05) is 24.6 Å². The van der Waals surface area contributed by atoms with Crippen molar-refractivity contribution in [2.24, 2.45) is 11.8 Å². The zero-order chi connectivity index (χ0) is 15.6. The average molecular weight is 291 g/mol. The summed E-state index contributed by atoms with van der Waals surface area (Å²) in [6.07, 6.45) is -0.618. The minimum Gasteiger partial charge on any atom is -0.481 e. The van der Waals surface area contributed by atoms with Crippen LogP contribution in [0.4, 0.5) is 0 Å². The molecule has 0 aromatic heterocycles. The molecule has 0 spiro atoms. The van der Waals surface area contributed by atoms with Crippen LogP contribution in [0.15, 0.2) is 24.3 Å². The summed E-state index contributed by atoms with van der Waals surface area (Å²) in [4.78, 5) is 25.0. The van der Waals surface area contributed by atoms with Crippen LogP contribution >= 0.6 is 0 Å². The van der Waals surface area contributed by atoms with E-state index in [0.29, 0.717) is 12.3 Å². The quantitative estimate of drug-likeness (QED) is 0.920. The molecule has 1 aliphatic rings. The molecule has 1 aliphatic heterocycles. The number of carbonyl (C=O) groups excluding carboxylic acids is 1. The number of carbonyl (C=O) groups is 2. The van der Waals surface area contributed by atoms with Gasteiger partial charge >= 0.3 is 5.97 Å². The number of likely N-dealkylation sites (tertiary alicyclic amines) is 1. The van der Waals surface area contributed by atoms with Crippen LogP contribution in [-0.4, -0.2) is 41.1 Å². The Kier molecular flexibility index (Phi) is 4.50. The predicted molar refractivity (Wildman–Crippen MR) is 78.1 cm³/mol. The van der Waals surface area contributed by atoms with E-state index in [4.69, 9.17) is 9.84 Å². The van der Waals surface area contributed by atoms with Crippen LogP contribution < -0.4 is 4.74 Å². The summed E-state index contributed by atoms with van der Waals surface area (Å²) in [5.41, 5.74) is 1.12. The molecule has 5 heteroatoms. The summed E-state index contributed by atoms with van der Waals surface area (Å²) >= 11 is 0. The summed E-state index contributed by atoms with van der Waals surface area (Å²) in [5.74, 6) is -0.877. The van der Waals surface area contributed by atoms with Crippen LogP contribution in [0.25, 0.3) is 0 Å². The topological polar surface area (TPSA) is 66.8 Å². The van der Waals surface area contributed by atoms with E-state index in [1.54, 1.807) is 11.8 Å². The van der Waals surface area contributed by atoms with Gasteiger partial charge in [-0.25, -0.2) is 0 Å². The lowest BCUT2D eigenvalue weighted by Gasteiger charge is -2.21. The van der Waals surface area contributed by atoms with Gasteiger partial charge in [0.25, 0.3) is 5.91 Å². The van der Waals surface area contributed by atoms with Crippen molar-refractivity contribution >= 4 is 11.9 Å². The molecule has 1 amide bonds. The van der Waals surface area contributed by atoms with Gasteiger partial charge in [-0.15, -0.1) is 0 Å². The molecule has 0 aliphatic carbocycles. The van der Waals surface area contributed by atoms with Crippen molar-refractivity contribution in [3.05, 3.63) is 29.8 Å². The molecule has 1 aromatic rings. The number of amides is 1. The Labute approximate surface area is 124 Å². The Hall–Kier alpha value is -2.04. The Morgan fingerprint density at radius 2 is 1.90 bits per heavy atom. The highest BCUT2D eigenvalue weighted by Gasteiger charge is 2.38. The molecular formula is C16H21NO4. The second-order valence-electron chi connectivity index (χ2n) is 5.74. The largest absolute Gasteiger partial charge is 0.481 e. The minimum absolute atomic E-state index is 0.0296. The van der Waals surface area contributed by atoms with Crippen LogP contribution in [0.2, 0.25) is 0 Å². The number of benzene rings is 1. The molecule has 1 heterocycles. The molecule has 1 fully saturated rings. The maximum Gasteiger partial charge on any atom is 0.308 e. The standard InChI is InChI=1S/C16H21NO4/c1-10-4-6-13(7-5-10)21-12(3)15(18)17-8-11(2)14(9-17)16(19)20/h4-7,11-12,14H,8-9H2,1-3H3,(H,19,20)/t11-,12?,14-/m1/s1. The molecule has 114 valence electrons. The number of hydrogen-bond acceptors (Lipinski definition) is 3. The molecule has 1 aromatic carbocycles. The summed E-state index contributed by atoms with van der Waals surface area (Å²) in [6, 6.07) is 7.49. The molecule has 0 bridgehead atoms. The van der Waals surface area contributed by atoms with E-state index in [1.165, 1.54) is 0 Å². The van der Waals surface area contributed by atoms with Gasteiger partial charge in [0.05, 0.1) is 5.92 Å². The normalized spacial score (nSPS) is 22.9. The number of rotatable bonds is 4. The lowest BCUT2D eigenvalue weighted by Crippen LogP contribution is -2.39. The van der Waals surface area contributed by atoms with Crippen LogP contribution in [0.1, 0.15) is 19.4 Å². The fourth-order valence-corrected chi connectivity index (χ4v) is 2.60. The number of ether oxygens (including phenoxy) is 1. The number of aryl methyl sites for hydroxylation is 1. The van der Waals surface area contributed by atoms with Gasteiger partial charge in [0, 0.05) is 13.1 Å². The van der Waals surface area contributed by atoms with Crippen molar-refractivity contribution in [3.8, 4) is 5.75 Å². The van der Waals surface area contributed by atoms with E-state index >= 15 is 0 Å². The highest BCUT2D eigenvalue weighted by Crippen LogP contribution is 2.24. The van der Waals surface area contributed by atoms with E-state index in [9.17, 15) is 9.59 Å². The third kappa shape index (κ3) is 3.54. The van der Waals surface area contributed by atoms with Crippen LogP contribution in [-0.2, 0) is 9.59 Å². The van der Waals surface area contributed by atoms with Gasteiger partial charge in [-0.05, 0) is 31.9 Å². The third-order valence-electron chi connectivity index (χ3n) is 3.92. The minimum atomic E-state index is -0.843. The Morgan fingerprint density at radius 3 is 2.43 bits per heavy atom. The molecule has 3 atom stereocenters. The predicted octanol–water partition coefficient (Wildman–Crippen LogP) is 1.94. The number of carboxylic acids is 1. The Bertz CT molecular complexity index is 526. The SMILES string of the molecule is Cc1ccc(OC(C)C(=O)N2C[C@@H](C)[C@H](C(=O)O)C2)cc1. The first kappa shape index (κ1) is 15.4. The monoisotopic (exact) mass is 291 g/mol. The highest BCUT2D eigenvalue weighted by molar-refractivity contribution is 5.82. The van der Waals surface area contributed by atoms with Crippen molar-refractivity contribution in [3.63, 3.8) is 0 Å². The fourth-order valence-electron chi connectivity index (χ4n) is 2.60. The molecule has 5 nitrogen and oxygen atoms in total. The van der Waals surface area contributed by atoms with Crippen molar-refractivity contribution in [2.45, 2.75) is 26.9 Å². The van der Waals surface area contributed by atoms with Crippen molar-refractivity contribution < 1.29 is 19.4 Å². The van der Waals surface area contributed by atoms with E-state index < -0.39 is 18.0 Å². The van der Waals surface area contributed by atoms with Gasteiger partial charge in [-0.3, -0.25) is 9.59 Å². The zero-order valence-corrected chi connectivity index (χ0v) is 12.6. The van der Waals surface area contributed by atoms with Crippen LogP contribution in [0.5, 0.6) is 5.75 Å². The van der Waals surface area contributed by atoms with Gasteiger partial charge < -0.3 is 14.7 Å². The molecule has 21 heavy (non-hydrogen) atoms. The molecule has 1 unspecified atom stereocenters. The van der Waals surface area contributed by atoms with Crippen molar-refractivity contribution in [1.29, 1.82) is 0 Å². The number of hydrogen-bond donors (Lipinski definition) is 1. The van der Waals surface area contributed by atoms with E-state index in [0.717, 1.165) is 5.56 Å². The first-order valence-electron chi connectivity index (χ1n) is 7.13. The van der Waals surface area contributed by atoms with Crippen LogP contribution in [0.3, 0.4) is 0 Å². The van der Waals surface area contributed by atoms with E-state index in [2.05, 4.69) is 0 Å². The summed E-state index contributed by atoms with van der Waals surface area (Å²) in [5, 5.41) is 9.11. The molecule has 1 saturated heterocycles. The van der Waals surface area contributed by atoms with E-state index in [1.807, 2.05) is 38.1 Å². The average Bonchev–Trinajstić information content (AvgIpc) is 2.82. The molecule has 2 rings (SSSR count). The fraction of sp³-hybridized carbons (Fsp3) is 0.500.